The lowest BCUT2D eigenvalue weighted by molar-refractivity contribution is -0.160. The van der Waals surface area contributed by atoms with Crippen molar-refractivity contribution >= 4 is 35.3 Å². The van der Waals surface area contributed by atoms with Crippen molar-refractivity contribution in [3.8, 4) is 0 Å². The molecule has 11 nitrogen and oxygen atoms in total. The van der Waals surface area contributed by atoms with Gasteiger partial charge in [-0.05, 0) is 25.2 Å². The molecule has 4 fully saturated rings. The number of likely N-dealkylation sites (tertiary alicyclic amines) is 1. The fourth-order valence-electron chi connectivity index (χ4n) is 6.73. The number of carboxylic acids is 1. The van der Waals surface area contributed by atoms with Crippen molar-refractivity contribution in [2.24, 2.45) is 29.2 Å². The number of amides is 2. The second kappa shape index (κ2) is 10.3. The number of hydrogen-bond donors (Lipinski definition) is 5. The maximum atomic E-state index is 13.2. The first-order valence-corrected chi connectivity index (χ1v) is 14.2. The number of nitrogens with two attached hydrogens (primary N) is 2. The first kappa shape index (κ1) is 26.6. The van der Waals surface area contributed by atoms with E-state index in [9.17, 15) is 24.3 Å². The van der Waals surface area contributed by atoms with Crippen LogP contribution in [0.3, 0.4) is 0 Å². The van der Waals surface area contributed by atoms with Crippen LogP contribution in [0.1, 0.15) is 39.5 Å². The number of nitrogens with zero attached hydrogens (tertiary/aromatic N) is 2. The van der Waals surface area contributed by atoms with Crippen molar-refractivity contribution in [3.05, 3.63) is 10.6 Å². The fraction of sp³-hybridized carbons (Fsp3) is 0.760. The minimum atomic E-state index is -1.11. The van der Waals surface area contributed by atoms with Crippen LogP contribution in [-0.4, -0.2) is 100 Å². The first-order valence-electron chi connectivity index (χ1n) is 13.3. The molecule has 5 aliphatic heterocycles. The molecule has 5 aliphatic rings. The van der Waals surface area contributed by atoms with Crippen molar-refractivity contribution in [2.45, 2.75) is 75.0 Å². The molecule has 5 rings (SSSR count). The number of thioether (sulfide) groups is 1. The zero-order chi connectivity index (χ0) is 26.6. The normalized spacial score (nSPS) is 38.2. The number of carbonyl (C=O) groups is 4. The topological polar surface area (TPSA) is 171 Å². The molecule has 0 unspecified atom stereocenters. The van der Waals surface area contributed by atoms with Crippen LogP contribution in [0.4, 0.5) is 0 Å². The van der Waals surface area contributed by atoms with Gasteiger partial charge in [-0.1, -0.05) is 13.8 Å². The summed E-state index contributed by atoms with van der Waals surface area (Å²) in [7, 11) is 0. The number of nitrogens with one attached hydrogen (secondary N) is 2. The molecule has 0 spiro atoms. The van der Waals surface area contributed by atoms with E-state index < -0.39 is 11.9 Å². The summed E-state index contributed by atoms with van der Waals surface area (Å²) in [5.41, 5.74) is 11.9. The Morgan fingerprint density at radius 2 is 1.86 bits per heavy atom. The van der Waals surface area contributed by atoms with E-state index in [1.807, 2.05) is 18.7 Å². The van der Waals surface area contributed by atoms with Gasteiger partial charge >= 0.3 is 5.97 Å². The highest BCUT2D eigenvalue weighted by Crippen LogP contribution is 2.53. The van der Waals surface area contributed by atoms with Gasteiger partial charge in [-0.15, -0.1) is 11.8 Å². The number of aliphatic carboxylic acids is 1. The highest BCUT2D eigenvalue weighted by Gasteiger charge is 2.60. The van der Waals surface area contributed by atoms with E-state index in [0.29, 0.717) is 43.9 Å². The van der Waals surface area contributed by atoms with Crippen LogP contribution in [0.15, 0.2) is 10.6 Å². The molecule has 4 saturated heterocycles. The molecular weight excluding hydrogens is 496 g/mol. The van der Waals surface area contributed by atoms with Crippen LogP contribution in [-0.2, 0) is 19.2 Å². The Kier molecular flexibility index (Phi) is 7.40. The lowest BCUT2D eigenvalue weighted by Crippen LogP contribution is -2.62. The molecule has 0 aromatic rings. The van der Waals surface area contributed by atoms with Gasteiger partial charge in [-0.25, -0.2) is 4.79 Å². The van der Waals surface area contributed by atoms with Crippen molar-refractivity contribution in [2.75, 3.05) is 26.2 Å². The zero-order valence-electron chi connectivity index (χ0n) is 21.4. The summed E-state index contributed by atoms with van der Waals surface area (Å²) < 4.78 is 0. The largest absolute Gasteiger partial charge is 0.477 e. The van der Waals surface area contributed by atoms with Crippen LogP contribution in [0.25, 0.3) is 0 Å². The van der Waals surface area contributed by atoms with E-state index in [2.05, 4.69) is 10.6 Å². The Hall–Kier alpha value is -1.99. The van der Waals surface area contributed by atoms with E-state index in [4.69, 9.17) is 11.5 Å². The summed E-state index contributed by atoms with van der Waals surface area (Å²) in [5.74, 6) is -1.95. The Morgan fingerprint density at radius 3 is 2.49 bits per heavy atom. The van der Waals surface area contributed by atoms with Gasteiger partial charge in [-0.2, -0.15) is 0 Å². The Balaban J connectivity index is 1.23. The highest BCUT2D eigenvalue weighted by molar-refractivity contribution is 8.03. The smallest absolute Gasteiger partial charge is 0.353 e. The molecule has 0 saturated carbocycles. The summed E-state index contributed by atoms with van der Waals surface area (Å²) >= 11 is 1.48. The van der Waals surface area contributed by atoms with Gasteiger partial charge in [0.2, 0.25) is 11.8 Å². The number of Topliss-reactive ketones (excluding diaryl/α,β-unsaturated/α-hetero) is 1. The maximum absolute atomic E-state index is 13.2. The highest BCUT2D eigenvalue weighted by atomic mass is 32.2. The predicted octanol–water partition coefficient (Wildman–Crippen LogP) is -0.933. The van der Waals surface area contributed by atoms with E-state index in [0.717, 1.165) is 6.42 Å². The van der Waals surface area contributed by atoms with Crippen molar-refractivity contribution in [3.63, 3.8) is 0 Å². The van der Waals surface area contributed by atoms with Crippen molar-refractivity contribution < 1.29 is 24.3 Å². The number of hydrogen-bond acceptors (Lipinski definition) is 9. The molecule has 0 bridgehead atoms. The molecule has 204 valence electrons. The minimum Gasteiger partial charge on any atom is -0.477 e. The molecule has 12 heteroatoms. The third-order valence-corrected chi connectivity index (χ3v) is 10.2. The number of carboxylic acid groups (broad SMARTS) is 1. The second-order valence-electron chi connectivity index (χ2n) is 11.4. The van der Waals surface area contributed by atoms with Gasteiger partial charge in [0, 0.05) is 60.8 Å². The summed E-state index contributed by atoms with van der Waals surface area (Å²) in [6.45, 7) is 6.33. The van der Waals surface area contributed by atoms with Gasteiger partial charge in [0.15, 0.2) is 0 Å². The van der Waals surface area contributed by atoms with Gasteiger partial charge in [0.05, 0.1) is 24.0 Å². The van der Waals surface area contributed by atoms with Crippen LogP contribution < -0.4 is 22.1 Å². The van der Waals surface area contributed by atoms with Crippen molar-refractivity contribution in [1.82, 2.24) is 20.4 Å². The lowest BCUT2D eigenvalue weighted by atomic mass is 9.73. The first-order chi connectivity index (χ1) is 17.6. The minimum absolute atomic E-state index is 0.0258. The molecule has 0 radical (unpaired) electrons. The molecule has 37 heavy (non-hydrogen) atoms. The summed E-state index contributed by atoms with van der Waals surface area (Å²) in [6, 6.07) is -0.846. The summed E-state index contributed by atoms with van der Waals surface area (Å²) in [4.78, 5) is 55.1. The quantitative estimate of drug-likeness (QED) is 0.245. The third-order valence-electron chi connectivity index (χ3n) is 8.70. The van der Waals surface area contributed by atoms with E-state index >= 15 is 0 Å². The van der Waals surface area contributed by atoms with E-state index in [1.165, 1.54) is 16.7 Å². The molecule has 0 aromatic heterocycles. The summed E-state index contributed by atoms with van der Waals surface area (Å²) in [6.07, 6.45) is 2.27. The fourth-order valence-corrected chi connectivity index (χ4v) is 8.21. The van der Waals surface area contributed by atoms with E-state index in [1.54, 1.807) is 0 Å². The van der Waals surface area contributed by atoms with Gasteiger partial charge < -0.3 is 37.0 Å². The van der Waals surface area contributed by atoms with Gasteiger partial charge in [-0.3, -0.25) is 14.4 Å². The number of rotatable bonds is 8. The lowest BCUT2D eigenvalue weighted by Gasteiger charge is -2.47. The number of carbonyl (C=O) groups excluding carboxylic acids is 3. The van der Waals surface area contributed by atoms with E-state index in [-0.39, 0.29) is 77.0 Å². The molecule has 7 N–H and O–H groups in total. The second-order valence-corrected chi connectivity index (χ2v) is 12.7. The van der Waals surface area contributed by atoms with Crippen LogP contribution >= 0.6 is 11.8 Å². The van der Waals surface area contributed by atoms with Crippen LogP contribution in [0.5, 0.6) is 0 Å². The third kappa shape index (κ3) is 4.82. The Morgan fingerprint density at radius 1 is 1.14 bits per heavy atom. The van der Waals surface area contributed by atoms with Crippen molar-refractivity contribution in [1.29, 1.82) is 0 Å². The standard InChI is InChI=1S/C25H38N6O5S/c1-11(5-18(32)16-6-14(27)8-28-16)19-20-12(2)22(21(25(35)36)31(20)24(19)34)37-15-7-17(29-9-15)23(33)30-4-3-13(26)10-30/h11-17,19-20,28-29H,3-10,26-27H2,1-2H3,(H,35,36)/t11-,12+,13+,14-,15-,16+,17-,19+,20+/m0/s1. The number of β-lactam (4-membered cyclic amide) rings is 1. The summed E-state index contributed by atoms with van der Waals surface area (Å²) in [5, 5.41) is 16.5. The Labute approximate surface area is 221 Å². The van der Waals surface area contributed by atoms with Crippen LogP contribution in [0.2, 0.25) is 0 Å². The maximum Gasteiger partial charge on any atom is 0.353 e. The Bertz CT molecular complexity index is 1020. The molecule has 0 aromatic carbocycles. The van der Waals surface area contributed by atoms with Gasteiger partial charge in [0.25, 0.3) is 0 Å². The number of ketones is 1. The van der Waals surface area contributed by atoms with Crippen LogP contribution in [0, 0.1) is 17.8 Å². The molecule has 5 heterocycles. The predicted molar refractivity (Wildman–Crippen MR) is 138 cm³/mol. The SMILES string of the molecule is C[C@@H](CC(=O)[C@H]1C[C@H](N)CN1)[C@H]1C(=O)N2C(C(=O)O)=C(S[C@@H]3CN[C@H](C(=O)N4CC[C@@H](N)C4)C3)[C@H](C)[C@H]12. The zero-order valence-corrected chi connectivity index (χ0v) is 22.2. The monoisotopic (exact) mass is 534 g/mol. The van der Waals surface area contributed by atoms with Gasteiger partial charge in [0.1, 0.15) is 11.5 Å². The average Bonchev–Trinajstić information content (AvgIpc) is 3.62. The molecule has 2 amide bonds. The number of fused-ring (bicyclic) bond motifs is 1. The molecular formula is C25H38N6O5S. The molecule has 0 aliphatic carbocycles. The average molecular weight is 535 g/mol. The molecule has 9 atom stereocenters.